The number of piperidine rings is 1. The molecule has 8 heteroatoms. The quantitative estimate of drug-likeness (QED) is 0.503. The summed E-state index contributed by atoms with van der Waals surface area (Å²) in [5, 5.41) is 5.57. The van der Waals surface area contributed by atoms with Gasteiger partial charge in [-0.3, -0.25) is 0 Å². The summed E-state index contributed by atoms with van der Waals surface area (Å²) >= 11 is 1.66. The molecule has 3 heterocycles. The number of halogens is 3. The SMILES string of the molecule is Br.Br.Br.c1ccc2c(c1)nc(CC1CCNCC1)n2Cc1cscn1. The Morgan fingerprint density at radius 1 is 1.12 bits per heavy atom. The van der Waals surface area contributed by atoms with Crippen LogP contribution in [0.15, 0.2) is 35.2 Å². The lowest BCUT2D eigenvalue weighted by atomic mass is 9.94. The molecule has 1 aliphatic heterocycles. The number of hydrogen-bond donors (Lipinski definition) is 1. The van der Waals surface area contributed by atoms with Crippen LogP contribution in [0, 0.1) is 5.92 Å². The average molecular weight is 555 g/mol. The lowest BCUT2D eigenvalue weighted by Crippen LogP contribution is -2.29. The molecule has 1 saturated heterocycles. The summed E-state index contributed by atoms with van der Waals surface area (Å²) in [6.45, 7) is 3.10. The maximum Gasteiger partial charge on any atom is 0.110 e. The smallest absolute Gasteiger partial charge is 0.110 e. The fourth-order valence-electron chi connectivity index (χ4n) is 3.28. The third kappa shape index (κ3) is 5.35. The van der Waals surface area contributed by atoms with Crippen molar-refractivity contribution < 1.29 is 0 Å². The van der Waals surface area contributed by atoms with Crippen LogP contribution in [0.25, 0.3) is 11.0 Å². The first-order valence-corrected chi connectivity index (χ1v) is 8.86. The first kappa shape index (κ1) is 22.8. The molecule has 0 amide bonds. The van der Waals surface area contributed by atoms with E-state index in [1.165, 1.54) is 24.2 Å². The molecule has 138 valence electrons. The van der Waals surface area contributed by atoms with Crippen LogP contribution >= 0.6 is 62.3 Å². The second-order valence-electron chi connectivity index (χ2n) is 5.98. The highest BCUT2D eigenvalue weighted by atomic mass is 79.9. The summed E-state index contributed by atoms with van der Waals surface area (Å²) in [6, 6.07) is 8.44. The van der Waals surface area contributed by atoms with Crippen LogP contribution in [0.2, 0.25) is 0 Å². The van der Waals surface area contributed by atoms with Gasteiger partial charge in [-0.1, -0.05) is 12.1 Å². The third-order valence-corrected chi connectivity index (χ3v) is 5.10. The Labute approximate surface area is 183 Å². The second-order valence-corrected chi connectivity index (χ2v) is 6.70. The number of aromatic nitrogens is 3. The number of nitrogens with zero attached hydrogens (tertiary/aromatic N) is 3. The Morgan fingerprint density at radius 3 is 2.60 bits per heavy atom. The van der Waals surface area contributed by atoms with Gasteiger partial charge in [-0.25, -0.2) is 9.97 Å². The summed E-state index contributed by atoms with van der Waals surface area (Å²) in [6.07, 6.45) is 3.57. The number of rotatable bonds is 4. The molecule has 2 aromatic heterocycles. The van der Waals surface area contributed by atoms with Crippen molar-refractivity contribution >= 4 is 73.3 Å². The Bertz CT molecular complexity index is 754. The van der Waals surface area contributed by atoms with Crippen molar-refractivity contribution in [1.29, 1.82) is 0 Å². The summed E-state index contributed by atoms with van der Waals surface area (Å²) in [5.74, 6) is 1.95. The van der Waals surface area contributed by atoms with Gasteiger partial charge in [0.1, 0.15) is 5.82 Å². The van der Waals surface area contributed by atoms with Crippen molar-refractivity contribution in [2.75, 3.05) is 13.1 Å². The van der Waals surface area contributed by atoms with Gasteiger partial charge in [-0.15, -0.1) is 62.3 Å². The second kappa shape index (κ2) is 10.8. The lowest BCUT2D eigenvalue weighted by Gasteiger charge is -2.22. The van der Waals surface area contributed by atoms with E-state index in [4.69, 9.17) is 4.98 Å². The molecule has 1 fully saturated rings. The molecule has 1 N–H and O–H groups in total. The molecule has 4 rings (SSSR count). The lowest BCUT2D eigenvalue weighted by molar-refractivity contribution is 0.364. The highest BCUT2D eigenvalue weighted by Gasteiger charge is 2.18. The van der Waals surface area contributed by atoms with E-state index in [2.05, 4.69) is 44.5 Å². The first-order valence-electron chi connectivity index (χ1n) is 7.92. The third-order valence-electron chi connectivity index (χ3n) is 4.47. The summed E-state index contributed by atoms with van der Waals surface area (Å²) in [7, 11) is 0. The van der Waals surface area contributed by atoms with Crippen LogP contribution in [0.3, 0.4) is 0 Å². The van der Waals surface area contributed by atoms with Crippen molar-refractivity contribution in [1.82, 2.24) is 19.9 Å². The van der Waals surface area contributed by atoms with Crippen LogP contribution in [-0.2, 0) is 13.0 Å². The number of nitrogens with one attached hydrogen (secondary N) is 1. The molecule has 1 aromatic carbocycles. The minimum absolute atomic E-state index is 0. The van der Waals surface area contributed by atoms with Crippen LogP contribution in [0.4, 0.5) is 0 Å². The fourth-order valence-corrected chi connectivity index (χ4v) is 3.83. The molecular weight excluding hydrogens is 532 g/mol. The molecule has 0 radical (unpaired) electrons. The van der Waals surface area contributed by atoms with E-state index in [1.54, 1.807) is 11.3 Å². The molecule has 0 spiro atoms. The molecule has 3 aromatic rings. The van der Waals surface area contributed by atoms with Gasteiger partial charge >= 0.3 is 0 Å². The van der Waals surface area contributed by atoms with Gasteiger partial charge < -0.3 is 9.88 Å². The van der Waals surface area contributed by atoms with Crippen molar-refractivity contribution in [2.24, 2.45) is 5.92 Å². The largest absolute Gasteiger partial charge is 0.322 e. The highest BCUT2D eigenvalue weighted by Crippen LogP contribution is 2.23. The number of benzene rings is 1. The first-order chi connectivity index (χ1) is 10.9. The summed E-state index contributed by atoms with van der Waals surface area (Å²) < 4.78 is 2.35. The number of thiazole rings is 1. The number of hydrogen-bond acceptors (Lipinski definition) is 4. The van der Waals surface area contributed by atoms with E-state index in [9.17, 15) is 0 Å². The fraction of sp³-hybridized carbons (Fsp3) is 0.412. The van der Waals surface area contributed by atoms with Gasteiger partial charge in [0, 0.05) is 11.8 Å². The molecule has 25 heavy (non-hydrogen) atoms. The molecule has 4 nitrogen and oxygen atoms in total. The van der Waals surface area contributed by atoms with Crippen LogP contribution in [-0.4, -0.2) is 27.6 Å². The Hall–Kier alpha value is -0.280. The van der Waals surface area contributed by atoms with Crippen LogP contribution < -0.4 is 5.32 Å². The molecular formula is C17H23Br3N4S. The van der Waals surface area contributed by atoms with Crippen LogP contribution in [0.5, 0.6) is 0 Å². The predicted molar refractivity (Wildman–Crippen MR) is 121 cm³/mol. The topological polar surface area (TPSA) is 42.7 Å². The maximum atomic E-state index is 4.91. The van der Waals surface area contributed by atoms with E-state index in [0.717, 1.165) is 43.2 Å². The van der Waals surface area contributed by atoms with Gasteiger partial charge in [0.2, 0.25) is 0 Å². The van der Waals surface area contributed by atoms with E-state index >= 15 is 0 Å². The van der Waals surface area contributed by atoms with Crippen molar-refractivity contribution in [2.45, 2.75) is 25.8 Å². The van der Waals surface area contributed by atoms with Crippen molar-refractivity contribution in [3.8, 4) is 0 Å². The number of fused-ring (bicyclic) bond motifs is 1. The average Bonchev–Trinajstić information content (AvgIpc) is 3.18. The zero-order valence-corrected chi connectivity index (χ0v) is 19.7. The molecule has 0 bridgehead atoms. The molecule has 0 saturated carbocycles. The molecule has 0 atom stereocenters. The van der Waals surface area contributed by atoms with Gasteiger partial charge in [-0.2, -0.15) is 0 Å². The number of imidazole rings is 1. The van der Waals surface area contributed by atoms with Crippen LogP contribution in [0.1, 0.15) is 24.4 Å². The van der Waals surface area contributed by atoms with Crippen molar-refractivity contribution in [3.05, 3.63) is 46.7 Å². The molecule has 0 unspecified atom stereocenters. The standard InChI is InChI=1S/C17H20N4S.3BrH/c1-2-4-16-15(3-1)20-17(9-13-5-7-18-8-6-13)21(16)10-14-11-22-12-19-14;;;/h1-4,11-13,18H,5-10H2;3*1H. The van der Waals surface area contributed by atoms with E-state index in [-0.39, 0.29) is 50.9 Å². The van der Waals surface area contributed by atoms with Gasteiger partial charge in [0.25, 0.3) is 0 Å². The van der Waals surface area contributed by atoms with Gasteiger partial charge in [0.05, 0.1) is 28.8 Å². The van der Waals surface area contributed by atoms with Gasteiger partial charge in [0.15, 0.2) is 0 Å². The molecule has 1 aliphatic rings. The monoisotopic (exact) mass is 552 g/mol. The normalized spacial score (nSPS) is 14.4. The maximum absolute atomic E-state index is 4.91. The Balaban J connectivity index is 0.00000104. The zero-order valence-electron chi connectivity index (χ0n) is 13.8. The molecule has 0 aliphatic carbocycles. The van der Waals surface area contributed by atoms with E-state index in [0.29, 0.717) is 0 Å². The highest BCUT2D eigenvalue weighted by molar-refractivity contribution is 8.93. The Kier molecular flexibility index (Phi) is 9.80. The van der Waals surface area contributed by atoms with E-state index in [1.807, 2.05) is 5.51 Å². The zero-order chi connectivity index (χ0) is 14.8. The predicted octanol–water partition coefficient (Wildman–Crippen LogP) is 4.82. The minimum Gasteiger partial charge on any atom is -0.322 e. The summed E-state index contributed by atoms with van der Waals surface area (Å²) in [4.78, 5) is 9.35. The van der Waals surface area contributed by atoms with Gasteiger partial charge in [-0.05, 0) is 44.0 Å². The minimum atomic E-state index is 0. The Morgan fingerprint density at radius 2 is 1.88 bits per heavy atom. The summed E-state index contributed by atoms with van der Waals surface area (Å²) in [5.41, 5.74) is 5.35. The van der Waals surface area contributed by atoms with E-state index < -0.39 is 0 Å². The number of para-hydroxylation sites is 2. The van der Waals surface area contributed by atoms with Crippen molar-refractivity contribution in [3.63, 3.8) is 0 Å².